The van der Waals surface area contributed by atoms with Crippen molar-refractivity contribution >= 4 is 21.8 Å². The highest BCUT2D eigenvalue weighted by atomic mass is 32.2. The molecule has 0 saturated heterocycles. The van der Waals surface area contributed by atoms with E-state index in [-0.39, 0.29) is 6.54 Å². The van der Waals surface area contributed by atoms with E-state index in [1.807, 2.05) is 31.4 Å². The molecule has 0 saturated carbocycles. The van der Waals surface area contributed by atoms with Gasteiger partial charge in [0.1, 0.15) is 0 Å². The molecule has 0 aliphatic carbocycles. The fourth-order valence-corrected chi connectivity index (χ4v) is 3.93. The predicted octanol–water partition coefficient (Wildman–Crippen LogP) is 2.59. The van der Waals surface area contributed by atoms with E-state index in [1.54, 1.807) is 24.3 Å². The zero-order valence-corrected chi connectivity index (χ0v) is 13.0. The number of rotatable bonds is 5. The lowest BCUT2D eigenvalue weighted by Crippen LogP contribution is -2.24. The number of benzene rings is 1. The molecule has 0 radical (unpaired) electrons. The van der Waals surface area contributed by atoms with Gasteiger partial charge in [0.05, 0.1) is 17.1 Å². The SMILES string of the molecule is CSc1ccccc1S(=O)(=O)NCc1cccc(C)n1. The van der Waals surface area contributed by atoms with Crippen LogP contribution >= 0.6 is 11.8 Å². The molecular weight excluding hydrogens is 292 g/mol. The number of nitrogens with one attached hydrogen (secondary N) is 1. The van der Waals surface area contributed by atoms with E-state index in [1.165, 1.54) is 11.8 Å². The van der Waals surface area contributed by atoms with Gasteiger partial charge in [-0.3, -0.25) is 4.98 Å². The normalized spacial score (nSPS) is 11.5. The van der Waals surface area contributed by atoms with Crippen molar-refractivity contribution in [3.8, 4) is 0 Å². The van der Waals surface area contributed by atoms with Gasteiger partial charge in [-0.2, -0.15) is 0 Å². The number of sulfonamides is 1. The Morgan fingerprint density at radius 3 is 2.60 bits per heavy atom. The molecule has 0 aliphatic rings. The Kier molecular flexibility index (Phi) is 4.80. The average Bonchev–Trinajstić information content (AvgIpc) is 2.45. The summed E-state index contributed by atoms with van der Waals surface area (Å²) < 4.78 is 27.2. The van der Waals surface area contributed by atoms with Crippen molar-refractivity contribution in [2.75, 3.05) is 6.26 Å². The number of hydrogen-bond donors (Lipinski definition) is 1. The van der Waals surface area contributed by atoms with Crippen LogP contribution in [0.5, 0.6) is 0 Å². The van der Waals surface area contributed by atoms with Crippen LogP contribution in [-0.4, -0.2) is 19.7 Å². The Balaban J connectivity index is 2.19. The molecule has 0 spiro atoms. The van der Waals surface area contributed by atoms with Gasteiger partial charge in [0, 0.05) is 10.6 Å². The topological polar surface area (TPSA) is 59.1 Å². The third-order valence-corrected chi connectivity index (χ3v) is 5.13. The van der Waals surface area contributed by atoms with Crippen molar-refractivity contribution in [2.24, 2.45) is 0 Å². The number of nitrogens with zero attached hydrogens (tertiary/aromatic N) is 1. The quantitative estimate of drug-likeness (QED) is 0.863. The van der Waals surface area contributed by atoms with Gasteiger partial charge >= 0.3 is 0 Å². The minimum absolute atomic E-state index is 0.187. The number of aromatic nitrogens is 1. The van der Waals surface area contributed by atoms with Gasteiger partial charge in [-0.25, -0.2) is 13.1 Å². The van der Waals surface area contributed by atoms with Gasteiger partial charge in [-0.15, -0.1) is 11.8 Å². The van der Waals surface area contributed by atoms with Crippen LogP contribution in [0, 0.1) is 6.92 Å². The largest absolute Gasteiger partial charge is 0.257 e. The summed E-state index contributed by atoms with van der Waals surface area (Å²) in [4.78, 5) is 5.32. The molecule has 1 N–H and O–H groups in total. The van der Waals surface area contributed by atoms with Gasteiger partial charge < -0.3 is 0 Å². The highest BCUT2D eigenvalue weighted by molar-refractivity contribution is 7.99. The summed E-state index contributed by atoms with van der Waals surface area (Å²) in [5.41, 5.74) is 1.57. The maximum atomic E-state index is 12.3. The molecule has 1 heterocycles. The number of hydrogen-bond acceptors (Lipinski definition) is 4. The molecule has 1 aromatic carbocycles. The van der Waals surface area contributed by atoms with Gasteiger partial charge in [0.25, 0.3) is 0 Å². The van der Waals surface area contributed by atoms with Crippen LogP contribution in [0.15, 0.2) is 52.3 Å². The fourth-order valence-electron chi connectivity index (χ4n) is 1.79. The molecular formula is C14H16N2O2S2. The average molecular weight is 308 g/mol. The first-order valence-corrected chi connectivity index (χ1v) is 8.79. The third kappa shape index (κ3) is 3.59. The van der Waals surface area contributed by atoms with Crippen LogP contribution in [0.2, 0.25) is 0 Å². The molecule has 0 aliphatic heterocycles. The summed E-state index contributed by atoms with van der Waals surface area (Å²) in [6, 6.07) is 12.5. The summed E-state index contributed by atoms with van der Waals surface area (Å²) in [7, 11) is -3.52. The summed E-state index contributed by atoms with van der Waals surface area (Å²) in [5.74, 6) is 0. The summed E-state index contributed by atoms with van der Waals surface area (Å²) in [6.45, 7) is 2.06. The van der Waals surface area contributed by atoms with E-state index < -0.39 is 10.0 Å². The summed E-state index contributed by atoms with van der Waals surface area (Å²) >= 11 is 1.41. The van der Waals surface area contributed by atoms with Crippen molar-refractivity contribution in [3.05, 3.63) is 53.9 Å². The first-order chi connectivity index (χ1) is 9.53. The molecule has 0 atom stereocenters. The highest BCUT2D eigenvalue weighted by Gasteiger charge is 2.17. The van der Waals surface area contributed by atoms with Crippen molar-refractivity contribution in [1.82, 2.24) is 9.71 Å². The second-order valence-electron chi connectivity index (χ2n) is 4.25. The predicted molar refractivity (Wildman–Crippen MR) is 81.2 cm³/mol. The lowest BCUT2D eigenvalue weighted by molar-refractivity contribution is 0.578. The Morgan fingerprint density at radius 2 is 1.90 bits per heavy atom. The smallest absolute Gasteiger partial charge is 0.242 e. The Morgan fingerprint density at radius 1 is 1.15 bits per heavy atom. The second-order valence-corrected chi connectivity index (χ2v) is 6.83. The third-order valence-electron chi connectivity index (χ3n) is 2.75. The molecule has 2 rings (SSSR count). The minimum Gasteiger partial charge on any atom is -0.257 e. The van der Waals surface area contributed by atoms with E-state index in [9.17, 15) is 8.42 Å². The number of thioether (sulfide) groups is 1. The van der Waals surface area contributed by atoms with E-state index in [2.05, 4.69) is 9.71 Å². The molecule has 4 nitrogen and oxygen atoms in total. The first-order valence-electron chi connectivity index (χ1n) is 6.08. The van der Waals surface area contributed by atoms with Crippen LogP contribution < -0.4 is 4.72 Å². The molecule has 0 unspecified atom stereocenters. The monoisotopic (exact) mass is 308 g/mol. The van der Waals surface area contributed by atoms with Crippen LogP contribution in [-0.2, 0) is 16.6 Å². The Hall–Kier alpha value is -1.37. The van der Waals surface area contributed by atoms with E-state index in [0.717, 1.165) is 10.6 Å². The molecule has 0 amide bonds. The lowest BCUT2D eigenvalue weighted by atomic mass is 10.3. The molecule has 0 fully saturated rings. The van der Waals surface area contributed by atoms with Crippen LogP contribution in [0.3, 0.4) is 0 Å². The molecule has 2 aromatic rings. The van der Waals surface area contributed by atoms with Crippen LogP contribution in [0.4, 0.5) is 0 Å². The maximum absolute atomic E-state index is 12.3. The van der Waals surface area contributed by atoms with Crippen molar-refractivity contribution in [2.45, 2.75) is 23.3 Å². The number of aryl methyl sites for hydroxylation is 1. The van der Waals surface area contributed by atoms with E-state index >= 15 is 0 Å². The van der Waals surface area contributed by atoms with Crippen LogP contribution in [0.25, 0.3) is 0 Å². The first kappa shape index (κ1) is 15.0. The lowest BCUT2D eigenvalue weighted by Gasteiger charge is -2.10. The Bertz CT molecular complexity index is 700. The molecule has 6 heteroatoms. The molecule has 1 aromatic heterocycles. The van der Waals surface area contributed by atoms with E-state index in [4.69, 9.17) is 0 Å². The second kappa shape index (κ2) is 6.39. The zero-order valence-electron chi connectivity index (χ0n) is 11.3. The molecule has 0 bridgehead atoms. The summed E-state index contributed by atoms with van der Waals surface area (Å²) in [5, 5.41) is 0. The van der Waals surface area contributed by atoms with Gasteiger partial charge in [0.15, 0.2) is 0 Å². The van der Waals surface area contributed by atoms with Gasteiger partial charge in [-0.1, -0.05) is 18.2 Å². The van der Waals surface area contributed by atoms with Crippen molar-refractivity contribution in [1.29, 1.82) is 0 Å². The molecule has 106 valence electrons. The standard InChI is InChI=1S/C14H16N2O2S2/c1-11-6-5-7-12(16-11)10-15-20(17,18)14-9-4-3-8-13(14)19-2/h3-9,15H,10H2,1-2H3. The zero-order chi connectivity index (χ0) is 14.6. The summed E-state index contributed by atoms with van der Waals surface area (Å²) in [6.07, 6.45) is 1.86. The van der Waals surface area contributed by atoms with Crippen molar-refractivity contribution < 1.29 is 8.42 Å². The fraction of sp³-hybridized carbons (Fsp3) is 0.214. The minimum atomic E-state index is -3.52. The number of pyridine rings is 1. The van der Waals surface area contributed by atoms with E-state index in [0.29, 0.717) is 10.6 Å². The van der Waals surface area contributed by atoms with Crippen LogP contribution in [0.1, 0.15) is 11.4 Å². The van der Waals surface area contributed by atoms with Crippen molar-refractivity contribution in [3.63, 3.8) is 0 Å². The Labute approximate surface area is 123 Å². The van der Waals surface area contributed by atoms with Gasteiger partial charge in [-0.05, 0) is 37.4 Å². The molecule has 20 heavy (non-hydrogen) atoms. The highest BCUT2D eigenvalue weighted by Crippen LogP contribution is 2.24. The van der Waals surface area contributed by atoms with Gasteiger partial charge in [0.2, 0.25) is 10.0 Å². The maximum Gasteiger partial charge on any atom is 0.242 e.